The number of carbonyl (C=O) groups is 4. The van der Waals surface area contributed by atoms with Crippen molar-refractivity contribution >= 4 is 24.1 Å². The van der Waals surface area contributed by atoms with E-state index in [4.69, 9.17) is 18.9 Å². The molecule has 0 aliphatic heterocycles. The first-order chi connectivity index (χ1) is 25.0. The monoisotopic (exact) mass is 706 g/mol. The Morgan fingerprint density at radius 1 is 0.519 bits per heavy atom. The van der Waals surface area contributed by atoms with Crippen molar-refractivity contribution in [3.63, 3.8) is 0 Å². The molecule has 0 heterocycles. The summed E-state index contributed by atoms with van der Waals surface area (Å²) < 4.78 is 22.4. The summed E-state index contributed by atoms with van der Waals surface area (Å²) in [4.78, 5) is 55.8. The predicted molar refractivity (Wildman–Crippen MR) is 196 cm³/mol. The van der Waals surface area contributed by atoms with E-state index in [1.165, 1.54) is 9.80 Å². The minimum Gasteiger partial charge on any atom is -0.457 e. The van der Waals surface area contributed by atoms with E-state index in [1.807, 2.05) is 137 Å². The van der Waals surface area contributed by atoms with E-state index >= 15 is 0 Å². The molecule has 272 valence electrons. The molecule has 0 bridgehead atoms. The molecule has 0 saturated heterocycles. The molecule has 5 rings (SSSR count). The first kappa shape index (κ1) is 37.6. The van der Waals surface area contributed by atoms with Crippen LogP contribution in [0.3, 0.4) is 0 Å². The predicted octanol–water partition coefficient (Wildman–Crippen LogP) is 9.24. The van der Waals surface area contributed by atoms with E-state index in [0.717, 1.165) is 11.1 Å². The van der Waals surface area contributed by atoms with Gasteiger partial charge in [0.05, 0.1) is 11.8 Å². The Bertz CT molecular complexity index is 1640. The van der Waals surface area contributed by atoms with E-state index in [1.54, 1.807) is 0 Å². The average molecular weight is 707 g/mol. The third kappa shape index (κ3) is 10.9. The van der Waals surface area contributed by atoms with E-state index in [9.17, 15) is 19.2 Å². The van der Waals surface area contributed by atoms with Crippen LogP contribution in [-0.4, -0.2) is 47.0 Å². The van der Waals surface area contributed by atoms with Crippen LogP contribution in [0, 0.1) is 23.7 Å². The summed E-state index contributed by atoms with van der Waals surface area (Å²) in [5.41, 5.74) is 1.66. The van der Waals surface area contributed by atoms with Gasteiger partial charge in [-0.1, -0.05) is 88.4 Å². The summed E-state index contributed by atoms with van der Waals surface area (Å²) in [5, 5.41) is 0. The Balaban J connectivity index is 1.14. The molecule has 0 aromatic heterocycles. The van der Waals surface area contributed by atoms with Crippen LogP contribution < -0.4 is 9.47 Å². The van der Waals surface area contributed by atoms with Gasteiger partial charge in [0.25, 0.3) is 0 Å². The highest BCUT2D eigenvalue weighted by Gasteiger charge is 2.45. The number of esters is 2. The summed E-state index contributed by atoms with van der Waals surface area (Å²) >= 11 is 0. The van der Waals surface area contributed by atoms with Crippen molar-refractivity contribution in [1.82, 2.24) is 9.80 Å². The highest BCUT2D eigenvalue weighted by atomic mass is 16.6. The topological polar surface area (TPSA) is 112 Å². The Labute approximate surface area is 305 Å². The zero-order chi connectivity index (χ0) is 37.0. The quantitative estimate of drug-likeness (QED) is 0.0943. The number of hydrogen-bond acceptors (Lipinski definition) is 8. The summed E-state index contributed by atoms with van der Waals surface area (Å²) in [6.45, 7) is 9.00. The van der Waals surface area contributed by atoms with Crippen LogP contribution in [0.4, 0.5) is 9.59 Å². The van der Waals surface area contributed by atoms with Crippen LogP contribution in [0.25, 0.3) is 0 Å². The van der Waals surface area contributed by atoms with Crippen molar-refractivity contribution in [2.24, 2.45) is 23.7 Å². The van der Waals surface area contributed by atoms with Gasteiger partial charge in [-0.15, -0.1) is 0 Å². The summed E-state index contributed by atoms with van der Waals surface area (Å²) in [6, 6.07) is 33.5. The number of hydrogen-bond donors (Lipinski definition) is 0. The first-order valence-corrected chi connectivity index (χ1v) is 17.7. The zero-order valence-corrected chi connectivity index (χ0v) is 30.1. The van der Waals surface area contributed by atoms with Gasteiger partial charge < -0.3 is 28.7 Å². The molecule has 0 radical (unpaired) electrons. The number of ether oxygens (including phenoxy) is 4. The molecule has 0 spiro atoms. The molecule has 1 aliphatic carbocycles. The van der Waals surface area contributed by atoms with E-state index in [0.29, 0.717) is 48.9 Å². The van der Waals surface area contributed by atoms with Crippen LogP contribution in [-0.2, 0) is 32.2 Å². The van der Waals surface area contributed by atoms with Crippen molar-refractivity contribution in [3.05, 3.63) is 120 Å². The van der Waals surface area contributed by atoms with E-state index in [2.05, 4.69) is 0 Å². The van der Waals surface area contributed by atoms with Crippen molar-refractivity contribution < 1.29 is 38.1 Å². The molecule has 2 amide bonds. The fraction of sp³-hybridized carbons (Fsp3) is 0.333. The lowest BCUT2D eigenvalue weighted by Crippen LogP contribution is -2.45. The van der Waals surface area contributed by atoms with Gasteiger partial charge in [-0.05, 0) is 84.3 Å². The van der Waals surface area contributed by atoms with Crippen LogP contribution >= 0.6 is 0 Å². The van der Waals surface area contributed by atoms with Crippen LogP contribution in [0.5, 0.6) is 23.0 Å². The summed E-state index contributed by atoms with van der Waals surface area (Å²) in [7, 11) is 0. The Morgan fingerprint density at radius 3 is 1.15 bits per heavy atom. The number of para-hydroxylation sites is 2. The lowest BCUT2D eigenvalue weighted by atomic mass is 9.74. The Morgan fingerprint density at radius 2 is 0.846 bits per heavy atom. The maximum Gasteiger partial charge on any atom is 0.417 e. The number of carbonyl (C=O) groups excluding carboxylic acids is 4. The molecule has 1 fully saturated rings. The maximum absolute atomic E-state index is 13.3. The highest BCUT2D eigenvalue weighted by molar-refractivity contribution is 5.93. The number of benzene rings is 4. The van der Waals surface area contributed by atoms with Gasteiger partial charge in [-0.3, -0.25) is 9.59 Å². The smallest absolute Gasteiger partial charge is 0.417 e. The summed E-state index contributed by atoms with van der Waals surface area (Å²) in [5.74, 6) is -0.418. The summed E-state index contributed by atoms with van der Waals surface area (Å²) in [6.07, 6.45) is -0.885. The molecule has 10 nitrogen and oxygen atoms in total. The first-order valence-electron chi connectivity index (χ1n) is 17.7. The van der Waals surface area contributed by atoms with E-state index < -0.39 is 36.0 Å². The average Bonchev–Trinajstić information content (AvgIpc) is 3.09. The van der Waals surface area contributed by atoms with Gasteiger partial charge in [0.1, 0.15) is 23.0 Å². The van der Waals surface area contributed by atoms with Gasteiger partial charge in [0, 0.05) is 26.2 Å². The minimum atomic E-state index is -0.879. The lowest BCUT2D eigenvalue weighted by Gasteiger charge is -2.33. The zero-order valence-electron chi connectivity index (χ0n) is 30.1. The van der Waals surface area contributed by atoms with Gasteiger partial charge >= 0.3 is 24.1 Å². The number of rotatable bonds is 14. The van der Waals surface area contributed by atoms with Gasteiger partial charge in [-0.25, -0.2) is 9.59 Å². The molecule has 10 heteroatoms. The van der Waals surface area contributed by atoms with Gasteiger partial charge in [-0.2, -0.15) is 0 Å². The third-order valence-corrected chi connectivity index (χ3v) is 8.49. The lowest BCUT2D eigenvalue weighted by molar-refractivity contribution is -0.161. The molecular weight excluding hydrogens is 660 g/mol. The van der Waals surface area contributed by atoms with E-state index in [-0.39, 0.29) is 24.9 Å². The molecule has 4 aromatic carbocycles. The SMILES string of the molecule is CC(C)CN(Cc1ccc(Oc2ccccc2)cc1)C(=O)OC(=O)C1CCC1C(=O)OC(=O)N(Cc1ccc(Oc2ccccc2)cc1)CC(C)C. The van der Waals surface area contributed by atoms with Crippen LogP contribution in [0.2, 0.25) is 0 Å². The van der Waals surface area contributed by atoms with Crippen molar-refractivity contribution in [2.45, 2.75) is 53.6 Å². The standard InChI is InChI=1S/C42H46N2O8/c1-29(2)25-43(27-31-15-19-35(20-16-31)49-33-11-7-5-8-12-33)41(47)51-39(45)37-23-24-38(37)40(46)52-42(48)44(26-30(3)4)28-32-17-21-36(22-18-32)50-34-13-9-6-10-14-34/h5-22,29-30,37-38H,23-28H2,1-4H3. The molecule has 4 aromatic rings. The van der Waals surface area contributed by atoms with Crippen molar-refractivity contribution in [3.8, 4) is 23.0 Å². The second-order valence-corrected chi connectivity index (χ2v) is 13.8. The third-order valence-electron chi connectivity index (χ3n) is 8.49. The Hall–Kier alpha value is -5.64. The van der Waals surface area contributed by atoms with Crippen LogP contribution in [0.15, 0.2) is 109 Å². The highest BCUT2D eigenvalue weighted by Crippen LogP contribution is 2.37. The Kier molecular flexibility index (Phi) is 13.0. The second kappa shape index (κ2) is 18.0. The van der Waals surface area contributed by atoms with Crippen molar-refractivity contribution in [2.75, 3.05) is 13.1 Å². The number of nitrogens with zero attached hydrogens (tertiary/aromatic N) is 2. The molecular formula is C42H46N2O8. The van der Waals surface area contributed by atoms with Crippen LogP contribution in [0.1, 0.15) is 51.7 Å². The number of amides is 2. The molecule has 52 heavy (non-hydrogen) atoms. The second-order valence-electron chi connectivity index (χ2n) is 13.8. The molecule has 1 saturated carbocycles. The normalized spacial score (nSPS) is 15.0. The van der Waals surface area contributed by atoms with Crippen molar-refractivity contribution in [1.29, 1.82) is 0 Å². The molecule has 1 aliphatic rings. The molecule has 2 atom stereocenters. The maximum atomic E-state index is 13.3. The fourth-order valence-electron chi connectivity index (χ4n) is 5.82. The largest absolute Gasteiger partial charge is 0.457 e. The van der Waals surface area contributed by atoms with Gasteiger partial charge in [0.2, 0.25) is 0 Å². The van der Waals surface area contributed by atoms with Gasteiger partial charge in [0.15, 0.2) is 0 Å². The minimum absolute atomic E-state index is 0.107. The fourth-order valence-corrected chi connectivity index (χ4v) is 5.82. The molecule has 2 unspecified atom stereocenters. The molecule has 0 N–H and O–H groups in total.